The Balaban J connectivity index is 0.00000208. The van der Waals surface area contributed by atoms with Gasteiger partial charge in [0.15, 0.2) is 0 Å². The molecule has 3 rings (SSSR count). The molecular weight excluding hydrogens is 320 g/mol. The van der Waals surface area contributed by atoms with Gasteiger partial charge in [-0.05, 0) is 57.4 Å². The number of nitrogens with zero attached hydrogens (tertiary/aromatic N) is 2. The maximum atomic E-state index is 6.12. The van der Waals surface area contributed by atoms with Gasteiger partial charge in [0.1, 0.15) is 12.1 Å². The number of ether oxygens (including phenoxy) is 1. The van der Waals surface area contributed by atoms with Gasteiger partial charge in [0.05, 0.1) is 0 Å². The molecule has 0 N–H and O–H groups in total. The zero-order valence-corrected chi connectivity index (χ0v) is 15.8. The molecule has 1 aromatic carbocycles. The van der Waals surface area contributed by atoms with E-state index in [1.54, 1.807) is 0 Å². The average molecular weight is 345 g/mol. The van der Waals surface area contributed by atoms with E-state index in [1.807, 2.05) is 6.20 Å². The van der Waals surface area contributed by atoms with Crippen LogP contribution >= 0.6 is 12.4 Å². The molecule has 0 aliphatic heterocycles. The van der Waals surface area contributed by atoms with Crippen LogP contribution in [0.2, 0.25) is 0 Å². The van der Waals surface area contributed by atoms with Crippen LogP contribution in [0.4, 0.5) is 0 Å². The van der Waals surface area contributed by atoms with E-state index >= 15 is 0 Å². The Morgan fingerprint density at radius 3 is 2.54 bits per heavy atom. The minimum atomic E-state index is 0. The standard InChI is InChI=1S/C20H24N2O.ClH/c1-6-22-16(5)15(4)18-9-10-21-20(19(18)22)23-12-17-11-13(2)7-8-14(17)3;/h7-11H,6,12H2,1-5H3;1H. The van der Waals surface area contributed by atoms with Crippen molar-refractivity contribution in [3.63, 3.8) is 0 Å². The van der Waals surface area contributed by atoms with E-state index in [2.05, 4.69) is 68.4 Å². The Hall–Kier alpha value is -2.00. The second-order valence-corrected chi connectivity index (χ2v) is 6.19. The Bertz CT molecular complexity index is 868. The van der Waals surface area contributed by atoms with Crippen LogP contribution in [0.5, 0.6) is 5.88 Å². The second kappa shape index (κ2) is 7.27. The molecule has 3 aromatic rings. The van der Waals surface area contributed by atoms with Crippen LogP contribution in [0.25, 0.3) is 10.9 Å². The lowest BCUT2D eigenvalue weighted by Crippen LogP contribution is -2.03. The van der Waals surface area contributed by atoms with Crippen LogP contribution in [0.3, 0.4) is 0 Å². The van der Waals surface area contributed by atoms with Crippen molar-refractivity contribution in [3.05, 3.63) is 58.4 Å². The van der Waals surface area contributed by atoms with Crippen LogP contribution in [-0.2, 0) is 13.2 Å². The summed E-state index contributed by atoms with van der Waals surface area (Å²) in [5.74, 6) is 0.724. The summed E-state index contributed by atoms with van der Waals surface area (Å²) in [6.07, 6.45) is 1.84. The first kappa shape index (κ1) is 18.3. The van der Waals surface area contributed by atoms with Gasteiger partial charge in [0.25, 0.3) is 0 Å². The first-order valence-electron chi connectivity index (χ1n) is 8.16. The summed E-state index contributed by atoms with van der Waals surface area (Å²) >= 11 is 0. The summed E-state index contributed by atoms with van der Waals surface area (Å²) in [4.78, 5) is 4.49. The maximum Gasteiger partial charge on any atom is 0.238 e. The normalized spacial score (nSPS) is 10.7. The third-order valence-corrected chi connectivity index (χ3v) is 4.70. The molecule has 0 saturated carbocycles. The SMILES string of the molecule is CCn1c(C)c(C)c2ccnc(OCc3cc(C)ccc3C)c21.Cl. The van der Waals surface area contributed by atoms with Gasteiger partial charge < -0.3 is 9.30 Å². The highest BCUT2D eigenvalue weighted by Crippen LogP contribution is 2.31. The van der Waals surface area contributed by atoms with Crippen LogP contribution < -0.4 is 4.74 Å². The lowest BCUT2D eigenvalue weighted by Gasteiger charge is -2.12. The molecule has 0 amide bonds. The van der Waals surface area contributed by atoms with Crippen LogP contribution in [-0.4, -0.2) is 9.55 Å². The topological polar surface area (TPSA) is 27.1 Å². The van der Waals surface area contributed by atoms with Gasteiger partial charge in [-0.1, -0.05) is 23.8 Å². The second-order valence-electron chi connectivity index (χ2n) is 6.19. The Kier molecular flexibility index (Phi) is 5.55. The molecule has 0 atom stereocenters. The third kappa shape index (κ3) is 3.13. The number of aromatic nitrogens is 2. The number of aryl methyl sites for hydroxylation is 4. The molecular formula is C20H25ClN2O. The van der Waals surface area contributed by atoms with E-state index in [0.29, 0.717) is 6.61 Å². The van der Waals surface area contributed by atoms with Gasteiger partial charge in [0.2, 0.25) is 5.88 Å². The smallest absolute Gasteiger partial charge is 0.238 e. The molecule has 24 heavy (non-hydrogen) atoms. The molecule has 4 heteroatoms. The summed E-state index contributed by atoms with van der Waals surface area (Å²) < 4.78 is 8.41. The summed E-state index contributed by atoms with van der Waals surface area (Å²) in [7, 11) is 0. The van der Waals surface area contributed by atoms with Gasteiger partial charge in [0, 0.05) is 23.8 Å². The number of halogens is 1. The molecule has 0 radical (unpaired) electrons. The molecule has 0 unspecified atom stereocenters. The first-order chi connectivity index (χ1) is 11.0. The van der Waals surface area contributed by atoms with Crippen molar-refractivity contribution in [1.82, 2.24) is 9.55 Å². The molecule has 0 saturated heterocycles. The van der Waals surface area contributed by atoms with E-state index in [-0.39, 0.29) is 12.4 Å². The van der Waals surface area contributed by atoms with E-state index in [9.17, 15) is 0 Å². The number of rotatable bonds is 4. The van der Waals surface area contributed by atoms with Crippen molar-refractivity contribution in [2.24, 2.45) is 0 Å². The third-order valence-electron chi connectivity index (χ3n) is 4.70. The van der Waals surface area contributed by atoms with Gasteiger partial charge >= 0.3 is 0 Å². The largest absolute Gasteiger partial charge is 0.471 e. The molecule has 0 bridgehead atoms. The zero-order chi connectivity index (χ0) is 16.6. The number of hydrogen-bond donors (Lipinski definition) is 0. The molecule has 128 valence electrons. The van der Waals surface area contributed by atoms with Crippen molar-refractivity contribution < 1.29 is 4.74 Å². The lowest BCUT2D eigenvalue weighted by molar-refractivity contribution is 0.295. The van der Waals surface area contributed by atoms with E-state index in [0.717, 1.165) is 17.9 Å². The minimum Gasteiger partial charge on any atom is -0.471 e. The maximum absolute atomic E-state index is 6.12. The molecule has 0 spiro atoms. The monoisotopic (exact) mass is 344 g/mol. The van der Waals surface area contributed by atoms with Crippen molar-refractivity contribution >= 4 is 23.3 Å². The zero-order valence-electron chi connectivity index (χ0n) is 15.0. The van der Waals surface area contributed by atoms with Gasteiger partial charge in [-0.25, -0.2) is 4.98 Å². The predicted octanol–water partition coefficient (Wildman–Crippen LogP) is 5.29. The summed E-state index contributed by atoms with van der Waals surface area (Å²) in [6, 6.07) is 8.54. The quantitative estimate of drug-likeness (QED) is 0.643. The lowest BCUT2D eigenvalue weighted by atomic mass is 10.1. The Morgan fingerprint density at radius 2 is 1.83 bits per heavy atom. The minimum absolute atomic E-state index is 0. The highest BCUT2D eigenvalue weighted by Gasteiger charge is 2.15. The van der Waals surface area contributed by atoms with E-state index < -0.39 is 0 Å². The molecule has 2 aromatic heterocycles. The molecule has 3 nitrogen and oxygen atoms in total. The van der Waals surface area contributed by atoms with Gasteiger partial charge in [-0.3, -0.25) is 0 Å². The average Bonchev–Trinajstić information content (AvgIpc) is 2.80. The van der Waals surface area contributed by atoms with Crippen LogP contribution in [0.1, 0.15) is 34.9 Å². The fourth-order valence-electron chi connectivity index (χ4n) is 3.17. The predicted molar refractivity (Wildman–Crippen MR) is 102 cm³/mol. The van der Waals surface area contributed by atoms with Crippen molar-refractivity contribution in [1.29, 1.82) is 0 Å². The van der Waals surface area contributed by atoms with Crippen molar-refractivity contribution in [3.8, 4) is 5.88 Å². The number of hydrogen-bond acceptors (Lipinski definition) is 2. The first-order valence-corrected chi connectivity index (χ1v) is 8.16. The number of fused-ring (bicyclic) bond motifs is 1. The van der Waals surface area contributed by atoms with Crippen LogP contribution in [0.15, 0.2) is 30.5 Å². The van der Waals surface area contributed by atoms with Gasteiger partial charge in [-0.15, -0.1) is 12.4 Å². The number of pyridine rings is 1. The van der Waals surface area contributed by atoms with Crippen molar-refractivity contribution in [2.75, 3.05) is 0 Å². The highest BCUT2D eigenvalue weighted by atomic mass is 35.5. The Morgan fingerprint density at radius 1 is 1.08 bits per heavy atom. The molecule has 2 heterocycles. The van der Waals surface area contributed by atoms with E-state index in [4.69, 9.17) is 4.74 Å². The summed E-state index contributed by atoms with van der Waals surface area (Å²) in [5.41, 5.74) is 7.42. The molecule has 0 aliphatic rings. The van der Waals surface area contributed by atoms with Crippen molar-refractivity contribution in [2.45, 2.75) is 47.8 Å². The highest BCUT2D eigenvalue weighted by molar-refractivity contribution is 5.88. The van der Waals surface area contributed by atoms with Gasteiger partial charge in [-0.2, -0.15) is 0 Å². The number of benzene rings is 1. The molecule has 0 fully saturated rings. The van der Waals surface area contributed by atoms with Crippen LogP contribution in [0, 0.1) is 27.7 Å². The summed E-state index contributed by atoms with van der Waals surface area (Å²) in [6.45, 7) is 12.2. The fraction of sp³-hybridized carbons (Fsp3) is 0.350. The fourth-order valence-corrected chi connectivity index (χ4v) is 3.17. The molecule has 0 aliphatic carbocycles. The summed E-state index contributed by atoms with van der Waals surface area (Å²) in [5, 5.41) is 1.23. The Labute approximate surface area is 150 Å². The van der Waals surface area contributed by atoms with E-state index in [1.165, 1.54) is 33.3 Å².